The van der Waals surface area contributed by atoms with E-state index in [2.05, 4.69) is 15.8 Å². The quantitative estimate of drug-likeness (QED) is 0.340. The molecule has 0 radical (unpaired) electrons. The normalized spacial score (nSPS) is 13.0. The molecule has 2 aromatic rings. The highest BCUT2D eigenvalue weighted by atomic mass is 32.1. The average molecular weight is 413 g/mol. The molecule has 8 heteroatoms. The molecule has 0 bridgehead atoms. The second kappa shape index (κ2) is 9.47. The Balaban J connectivity index is 1.69. The third-order valence-corrected chi connectivity index (χ3v) is 5.75. The summed E-state index contributed by atoms with van der Waals surface area (Å²) in [7, 11) is 0. The van der Waals surface area contributed by atoms with Crippen LogP contribution in [0, 0.1) is 6.92 Å². The number of aryl methyl sites for hydroxylation is 2. The molecule has 0 saturated heterocycles. The number of carbonyl (C=O) groups excluding carboxylic acids is 3. The Kier molecular flexibility index (Phi) is 6.77. The molecule has 0 spiro atoms. The van der Waals surface area contributed by atoms with Gasteiger partial charge in [0.2, 0.25) is 0 Å². The molecule has 1 aliphatic rings. The van der Waals surface area contributed by atoms with Crippen LogP contribution in [0.15, 0.2) is 29.4 Å². The van der Waals surface area contributed by atoms with E-state index < -0.39 is 17.8 Å². The highest BCUT2D eigenvalue weighted by Gasteiger charge is 2.28. The van der Waals surface area contributed by atoms with E-state index in [1.54, 1.807) is 6.92 Å². The van der Waals surface area contributed by atoms with Crippen molar-refractivity contribution in [3.8, 4) is 0 Å². The molecular formula is C21H23N3O4S. The van der Waals surface area contributed by atoms with E-state index in [0.717, 1.165) is 47.3 Å². The SMILES string of the molecule is CCOC(=O)c1c(NC(=O)C(=O)N/N=C\c2ccc(C)cc2)sc2c1CCCC2. The molecule has 3 rings (SSSR count). The number of nitrogens with one attached hydrogen (secondary N) is 2. The largest absolute Gasteiger partial charge is 0.462 e. The van der Waals surface area contributed by atoms with Gasteiger partial charge in [-0.2, -0.15) is 5.10 Å². The second-order valence-electron chi connectivity index (χ2n) is 6.70. The lowest BCUT2D eigenvalue weighted by Crippen LogP contribution is -2.32. The smallest absolute Gasteiger partial charge is 0.341 e. The number of hydrazone groups is 1. The first-order valence-electron chi connectivity index (χ1n) is 9.52. The van der Waals surface area contributed by atoms with Crippen molar-refractivity contribution in [1.29, 1.82) is 0 Å². The first kappa shape index (κ1) is 20.7. The number of amides is 2. The van der Waals surface area contributed by atoms with Crippen LogP contribution in [0.25, 0.3) is 0 Å². The molecule has 0 fully saturated rings. The van der Waals surface area contributed by atoms with Crippen LogP contribution in [0.5, 0.6) is 0 Å². The molecule has 0 unspecified atom stereocenters. The number of fused-ring (bicyclic) bond motifs is 1. The summed E-state index contributed by atoms with van der Waals surface area (Å²) in [6.07, 6.45) is 5.10. The van der Waals surface area contributed by atoms with Gasteiger partial charge in [0.1, 0.15) is 5.00 Å². The minimum atomic E-state index is -0.908. The van der Waals surface area contributed by atoms with Crippen LogP contribution in [0.3, 0.4) is 0 Å². The van der Waals surface area contributed by atoms with Gasteiger partial charge in [0.25, 0.3) is 0 Å². The molecule has 0 saturated carbocycles. The molecule has 7 nitrogen and oxygen atoms in total. The molecule has 0 aliphatic heterocycles. The van der Waals surface area contributed by atoms with Crippen LogP contribution in [0.1, 0.15) is 51.7 Å². The van der Waals surface area contributed by atoms with Gasteiger partial charge in [-0.1, -0.05) is 29.8 Å². The fourth-order valence-corrected chi connectivity index (χ4v) is 4.37. The van der Waals surface area contributed by atoms with Gasteiger partial charge in [-0.15, -0.1) is 11.3 Å². The van der Waals surface area contributed by atoms with Crippen LogP contribution in [0.4, 0.5) is 5.00 Å². The molecule has 29 heavy (non-hydrogen) atoms. The number of carbonyl (C=O) groups is 3. The third kappa shape index (κ3) is 5.08. The summed E-state index contributed by atoms with van der Waals surface area (Å²) in [6, 6.07) is 7.55. The zero-order valence-electron chi connectivity index (χ0n) is 16.4. The van der Waals surface area contributed by atoms with Crippen molar-refractivity contribution in [2.75, 3.05) is 11.9 Å². The summed E-state index contributed by atoms with van der Waals surface area (Å²) in [4.78, 5) is 37.9. The van der Waals surface area contributed by atoms with Crippen molar-refractivity contribution >= 4 is 40.3 Å². The molecule has 1 aliphatic carbocycles. The van der Waals surface area contributed by atoms with Gasteiger partial charge in [-0.25, -0.2) is 10.2 Å². The zero-order valence-corrected chi connectivity index (χ0v) is 17.2. The minimum absolute atomic E-state index is 0.241. The highest BCUT2D eigenvalue weighted by molar-refractivity contribution is 7.17. The summed E-state index contributed by atoms with van der Waals surface area (Å²) in [5.74, 6) is -2.26. The number of nitrogens with zero attached hydrogens (tertiary/aromatic N) is 1. The fourth-order valence-electron chi connectivity index (χ4n) is 3.10. The number of anilines is 1. The molecule has 2 N–H and O–H groups in total. The maximum absolute atomic E-state index is 12.4. The van der Waals surface area contributed by atoms with E-state index >= 15 is 0 Å². The number of ether oxygens (including phenoxy) is 1. The summed E-state index contributed by atoms with van der Waals surface area (Å²) in [6.45, 7) is 3.94. The van der Waals surface area contributed by atoms with Gasteiger partial charge in [-0.3, -0.25) is 9.59 Å². The highest BCUT2D eigenvalue weighted by Crippen LogP contribution is 2.38. The number of rotatable bonds is 5. The van der Waals surface area contributed by atoms with E-state index in [1.807, 2.05) is 31.2 Å². The van der Waals surface area contributed by atoms with Gasteiger partial charge in [0, 0.05) is 4.88 Å². The summed E-state index contributed by atoms with van der Waals surface area (Å²) < 4.78 is 5.15. The van der Waals surface area contributed by atoms with Crippen LogP contribution < -0.4 is 10.7 Å². The predicted molar refractivity (Wildman–Crippen MR) is 112 cm³/mol. The maximum atomic E-state index is 12.4. The minimum Gasteiger partial charge on any atom is -0.462 e. The maximum Gasteiger partial charge on any atom is 0.341 e. The van der Waals surface area contributed by atoms with E-state index in [4.69, 9.17) is 4.74 Å². The standard InChI is InChI=1S/C21H23N3O4S/c1-3-28-21(27)17-15-6-4-5-7-16(15)29-20(17)23-18(25)19(26)24-22-12-14-10-8-13(2)9-11-14/h8-12H,3-7H2,1-2H3,(H,23,25)(H,24,26)/b22-12-. The summed E-state index contributed by atoms with van der Waals surface area (Å²) in [5.41, 5.74) is 5.41. The Bertz CT molecular complexity index is 948. The molecular weight excluding hydrogens is 390 g/mol. The van der Waals surface area contributed by atoms with Crippen LogP contribution in [0.2, 0.25) is 0 Å². The predicted octanol–water partition coefficient (Wildman–Crippen LogP) is 3.20. The Morgan fingerprint density at radius 1 is 1.14 bits per heavy atom. The number of esters is 1. The molecule has 0 atom stereocenters. The monoisotopic (exact) mass is 413 g/mol. The van der Waals surface area contributed by atoms with Gasteiger partial charge in [-0.05, 0) is 50.7 Å². The Morgan fingerprint density at radius 2 is 1.86 bits per heavy atom. The molecule has 1 aromatic carbocycles. The number of hydrogen-bond acceptors (Lipinski definition) is 6. The first-order chi connectivity index (χ1) is 14.0. The van der Waals surface area contributed by atoms with Crippen LogP contribution >= 0.6 is 11.3 Å². The first-order valence-corrected chi connectivity index (χ1v) is 10.3. The van der Waals surface area contributed by atoms with Crippen LogP contribution in [-0.2, 0) is 27.2 Å². The molecule has 152 valence electrons. The van der Waals surface area contributed by atoms with E-state index in [1.165, 1.54) is 17.6 Å². The van der Waals surface area contributed by atoms with Crippen molar-refractivity contribution in [1.82, 2.24) is 5.43 Å². The zero-order chi connectivity index (χ0) is 20.8. The average Bonchev–Trinajstić information content (AvgIpc) is 3.07. The Hall–Kier alpha value is -3.00. The van der Waals surface area contributed by atoms with E-state index in [0.29, 0.717) is 10.6 Å². The second-order valence-corrected chi connectivity index (χ2v) is 7.80. The number of hydrogen-bond donors (Lipinski definition) is 2. The van der Waals surface area contributed by atoms with Crippen molar-refractivity contribution in [2.45, 2.75) is 39.5 Å². The van der Waals surface area contributed by atoms with Gasteiger partial charge in [0.15, 0.2) is 0 Å². The molecule has 2 amide bonds. The summed E-state index contributed by atoms with van der Waals surface area (Å²) >= 11 is 1.33. The van der Waals surface area contributed by atoms with Gasteiger partial charge >= 0.3 is 17.8 Å². The lowest BCUT2D eigenvalue weighted by atomic mass is 9.95. The van der Waals surface area contributed by atoms with Crippen molar-refractivity contribution in [3.63, 3.8) is 0 Å². The number of thiophene rings is 1. The Morgan fingerprint density at radius 3 is 2.59 bits per heavy atom. The van der Waals surface area contributed by atoms with E-state index in [-0.39, 0.29) is 6.61 Å². The molecule has 1 aromatic heterocycles. The Labute approximate surface area is 173 Å². The fraction of sp³-hybridized carbons (Fsp3) is 0.333. The van der Waals surface area contributed by atoms with Crippen molar-refractivity contribution in [2.24, 2.45) is 5.10 Å². The van der Waals surface area contributed by atoms with Crippen molar-refractivity contribution in [3.05, 3.63) is 51.4 Å². The lowest BCUT2D eigenvalue weighted by Gasteiger charge is -2.12. The molecule has 1 heterocycles. The van der Waals surface area contributed by atoms with Crippen LogP contribution in [-0.4, -0.2) is 30.6 Å². The van der Waals surface area contributed by atoms with E-state index in [9.17, 15) is 14.4 Å². The van der Waals surface area contributed by atoms with Gasteiger partial charge in [0.05, 0.1) is 18.4 Å². The van der Waals surface area contributed by atoms with Crippen molar-refractivity contribution < 1.29 is 19.1 Å². The van der Waals surface area contributed by atoms with Gasteiger partial charge < -0.3 is 10.1 Å². The topological polar surface area (TPSA) is 96.9 Å². The summed E-state index contributed by atoms with van der Waals surface area (Å²) in [5, 5.41) is 6.73. The third-order valence-electron chi connectivity index (χ3n) is 4.54. The number of benzene rings is 1. The lowest BCUT2D eigenvalue weighted by molar-refractivity contribution is -0.136.